The maximum Gasteiger partial charge on any atom is 0.259 e. The van der Waals surface area contributed by atoms with Gasteiger partial charge in [-0.1, -0.05) is 0 Å². The molecule has 1 rings (SSSR count). The Balaban J connectivity index is 2.86. The lowest BCUT2D eigenvalue weighted by Crippen LogP contribution is -2.33. The first-order valence-corrected chi connectivity index (χ1v) is 6.48. The Labute approximate surface area is 95.4 Å². The molecular weight excluding hydrogens is 230 g/mol. The molecule has 2 N–H and O–H groups in total. The molecule has 92 valence electrons. The number of rotatable bonds is 5. The van der Waals surface area contributed by atoms with Crippen LogP contribution in [0.5, 0.6) is 0 Å². The summed E-state index contributed by atoms with van der Waals surface area (Å²) in [5, 5.41) is 8.71. The van der Waals surface area contributed by atoms with Gasteiger partial charge in [0, 0.05) is 25.9 Å². The quantitative estimate of drug-likeness (QED) is 0.753. The number of aromatic nitrogens is 2. The van der Waals surface area contributed by atoms with Gasteiger partial charge in [0.1, 0.15) is 5.82 Å². The van der Waals surface area contributed by atoms with Crippen LogP contribution in [0.15, 0.2) is 11.2 Å². The van der Waals surface area contributed by atoms with Crippen molar-refractivity contribution in [2.45, 2.75) is 31.3 Å². The smallest absolute Gasteiger partial charge is 0.259 e. The molecule has 0 aliphatic carbocycles. The Morgan fingerprint density at radius 3 is 2.69 bits per heavy atom. The van der Waals surface area contributed by atoms with E-state index in [2.05, 4.69) is 9.71 Å². The van der Waals surface area contributed by atoms with E-state index in [0.717, 1.165) is 0 Å². The average molecular weight is 247 g/mol. The Morgan fingerprint density at radius 1 is 1.62 bits per heavy atom. The second-order valence-corrected chi connectivity index (χ2v) is 5.43. The number of aliphatic hydroxyl groups is 1. The summed E-state index contributed by atoms with van der Waals surface area (Å²) in [5.41, 5.74) is 0. The Morgan fingerprint density at radius 2 is 2.25 bits per heavy atom. The summed E-state index contributed by atoms with van der Waals surface area (Å²) in [5.74, 6) is 0.634. The summed E-state index contributed by atoms with van der Waals surface area (Å²) in [4.78, 5) is 3.95. The maximum absolute atomic E-state index is 11.8. The van der Waals surface area contributed by atoms with Crippen molar-refractivity contribution in [3.05, 3.63) is 12.0 Å². The summed E-state index contributed by atoms with van der Waals surface area (Å²) >= 11 is 0. The minimum atomic E-state index is -3.58. The van der Waals surface area contributed by atoms with E-state index in [0.29, 0.717) is 12.2 Å². The fraction of sp³-hybridized carbons (Fsp3) is 0.667. The van der Waals surface area contributed by atoms with Gasteiger partial charge in [0.2, 0.25) is 0 Å². The van der Waals surface area contributed by atoms with Crippen LogP contribution in [0.4, 0.5) is 0 Å². The van der Waals surface area contributed by atoms with Crippen LogP contribution in [-0.4, -0.2) is 35.7 Å². The molecule has 7 heteroatoms. The van der Waals surface area contributed by atoms with Crippen molar-refractivity contribution in [1.82, 2.24) is 14.3 Å². The molecular formula is C9H17N3O3S. The lowest BCUT2D eigenvalue weighted by Gasteiger charge is -2.10. The number of imidazole rings is 1. The van der Waals surface area contributed by atoms with Gasteiger partial charge in [0.05, 0.1) is 0 Å². The van der Waals surface area contributed by atoms with Crippen molar-refractivity contribution in [3.8, 4) is 0 Å². The zero-order chi connectivity index (χ0) is 12.3. The number of aliphatic hydroxyl groups excluding tert-OH is 1. The summed E-state index contributed by atoms with van der Waals surface area (Å²) in [7, 11) is -1.84. The van der Waals surface area contributed by atoms with Crippen LogP contribution in [0.1, 0.15) is 19.2 Å². The summed E-state index contributed by atoms with van der Waals surface area (Å²) < 4.78 is 27.7. The number of nitrogens with zero attached hydrogens (tertiary/aromatic N) is 2. The summed E-state index contributed by atoms with van der Waals surface area (Å²) in [6.45, 7) is 3.38. The van der Waals surface area contributed by atoms with Gasteiger partial charge >= 0.3 is 0 Å². The number of sulfonamides is 1. The highest BCUT2D eigenvalue weighted by Gasteiger charge is 2.20. The van der Waals surface area contributed by atoms with Crippen LogP contribution >= 0.6 is 0 Å². The molecule has 1 aromatic rings. The second-order valence-electron chi connectivity index (χ2n) is 3.77. The van der Waals surface area contributed by atoms with Crippen molar-refractivity contribution in [1.29, 1.82) is 0 Å². The van der Waals surface area contributed by atoms with Crippen molar-refractivity contribution >= 4 is 10.0 Å². The molecule has 0 amide bonds. The molecule has 0 spiro atoms. The molecule has 6 nitrogen and oxygen atoms in total. The average Bonchev–Trinajstić information content (AvgIpc) is 2.47. The highest BCUT2D eigenvalue weighted by molar-refractivity contribution is 7.89. The third-order valence-corrected chi connectivity index (χ3v) is 3.74. The van der Waals surface area contributed by atoms with Gasteiger partial charge in [0.25, 0.3) is 10.0 Å². The van der Waals surface area contributed by atoms with Crippen LogP contribution in [0.3, 0.4) is 0 Å². The van der Waals surface area contributed by atoms with Gasteiger partial charge in [-0.05, 0) is 20.3 Å². The zero-order valence-corrected chi connectivity index (χ0v) is 10.5. The maximum atomic E-state index is 11.8. The standard InChI is InChI=1S/C9H17N3O3S/c1-7(4-5-13)11-16(14,15)9-6-12(3)8(2)10-9/h6-7,11,13H,4-5H2,1-3H3. The van der Waals surface area contributed by atoms with Crippen molar-refractivity contribution in [3.63, 3.8) is 0 Å². The van der Waals surface area contributed by atoms with Gasteiger partial charge in [-0.15, -0.1) is 0 Å². The Hall–Kier alpha value is -0.920. The van der Waals surface area contributed by atoms with Crippen LogP contribution in [-0.2, 0) is 17.1 Å². The van der Waals surface area contributed by atoms with Gasteiger partial charge in [-0.25, -0.2) is 18.1 Å². The number of aryl methyl sites for hydroxylation is 2. The van der Waals surface area contributed by atoms with Crippen molar-refractivity contribution < 1.29 is 13.5 Å². The van der Waals surface area contributed by atoms with Gasteiger partial charge in [0.15, 0.2) is 5.03 Å². The normalized spacial score (nSPS) is 14.0. The molecule has 0 saturated heterocycles. The summed E-state index contributed by atoms with van der Waals surface area (Å²) in [6.07, 6.45) is 1.84. The van der Waals surface area contributed by atoms with Crippen molar-refractivity contribution in [2.24, 2.45) is 7.05 Å². The molecule has 0 aromatic carbocycles. The highest BCUT2D eigenvalue weighted by atomic mass is 32.2. The first-order valence-electron chi connectivity index (χ1n) is 5.00. The molecule has 1 aromatic heterocycles. The Bertz CT molecular complexity index is 433. The molecule has 0 aliphatic heterocycles. The van der Waals surface area contributed by atoms with Gasteiger partial charge in [-0.2, -0.15) is 0 Å². The monoisotopic (exact) mass is 247 g/mol. The van der Waals surface area contributed by atoms with Gasteiger partial charge in [-0.3, -0.25) is 0 Å². The fourth-order valence-electron chi connectivity index (χ4n) is 1.23. The largest absolute Gasteiger partial charge is 0.396 e. The highest BCUT2D eigenvalue weighted by Crippen LogP contribution is 2.08. The van der Waals surface area contributed by atoms with Gasteiger partial charge < -0.3 is 9.67 Å². The van der Waals surface area contributed by atoms with Crippen LogP contribution in [0.2, 0.25) is 0 Å². The van der Waals surface area contributed by atoms with E-state index in [9.17, 15) is 8.42 Å². The molecule has 0 bridgehead atoms. The predicted octanol–water partition coefficient (Wildman–Crippen LogP) is -0.222. The minimum Gasteiger partial charge on any atom is -0.396 e. The van der Waals surface area contributed by atoms with E-state index >= 15 is 0 Å². The molecule has 0 fully saturated rings. The topological polar surface area (TPSA) is 84.2 Å². The Kier molecular flexibility index (Phi) is 4.06. The molecule has 1 atom stereocenters. The first-order chi connectivity index (χ1) is 7.36. The molecule has 0 saturated carbocycles. The molecule has 0 radical (unpaired) electrons. The molecule has 1 unspecified atom stereocenters. The van der Waals surface area contributed by atoms with E-state index < -0.39 is 10.0 Å². The third kappa shape index (κ3) is 3.03. The molecule has 1 heterocycles. The van der Waals surface area contributed by atoms with E-state index in [-0.39, 0.29) is 17.7 Å². The molecule has 16 heavy (non-hydrogen) atoms. The number of nitrogens with one attached hydrogen (secondary N) is 1. The van der Waals surface area contributed by atoms with Crippen molar-refractivity contribution in [2.75, 3.05) is 6.61 Å². The zero-order valence-electron chi connectivity index (χ0n) is 9.64. The van der Waals surface area contributed by atoms with E-state index in [4.69, 9.17) is 5.11 Å². The lowest BCUT2D eigenvalue weighted by molar-refractivity contribution is 0.275. The first kappa shape index (κ1) is 13.1. The van der Waals surface area contributed by atoms with E-state index in [1.54, 1.807) is 25.5 Å². The van der Waals surface area contributed by atoms with Crippen LogP contribution in [0, 0.1) is 6.92 Å². The van der Waals surface area contributed by atoms with Crippen LogP contribution < -0.4 is 4.72 Å². The summed E-state index contributed by atoms with van der Waals surface area (Å²) in [6, 6.07) is -0.308. The SMILES string of the molecule is Cc1nc(S(=O)(=O)NC(C)CCO)cn1C. The van der Waals surface area contributed by atoms with E-state index in [1.807, 2.05) is 0 Å². The third-order valence-electron chi connectivity index (χ3n) is 2.28. The number of hydrogen-bond acceptors (Lipinski definition) is 4. The number of hydrogen-bond donors (Lipinski definition) is 2. The van der Waals surface area contributed by atoms with Crippen LogP contribution in [0.25, 0.3) is 0 Å². The second kappa shape index (κ2) is 4.94. The fourth-order valence-corrected chi connectivity index (χ4v) is 2.55. The lowest BCUT2D eigenvalue weighted by atomic mass is 10.3. The minimum absolute atomic E-state index is 0.0114. The van der Waals surface area contributed by atoms with E-state index in [1.165, 1.54) is 6.20 Å². The molecule has 0 aliphatic rings. The predicted molar refractivity (Wildman–Crippen MR) is 59.4 cm³/mol.